The molecule has 202 valence electrons. The summed E-state index contributed by atoms with van der Waals surface area (Å²) < 4.78 is 21.7. The molecule has 5 unspecified atom stereocenters. The Bertz CT molecular complexity index is 847. The number of hydrogen-bond donors (Lipinski definition) is 5. The van der Waals surface area contributed by atoms with Crippen LogP contribution in [0.5, 0.6) is 0 Å². The van der Waals surface area contributed by atoms with Crippen molar-refractivity contribution in [1.82, 2.24) is 0 Å². The van der Waals surface area contributed by atoms with Crippen LogP contribution in [0.3, 0.4) is 0 Å². The van der Waals surface area contributed by atoms with Gasteiger partial charge in [-0.15, -0.1) is 0 Å². The van der Waals surface area contributed by atoms with Crippen LogP contribution in [-0.2, 0) is 18.6 Å². The summed E-state index contributed by atoms with van der Waals surface area (Å²) in [5.41, 5.74) is -0.115. The van der Waals surface area contributed by atoms with Crippen molar-refractivity contribution in [3.05, 3.63) is 0 Å². The van der Waals surface area contributed by atoms with E-state index in [1.165, 1.54) is 0 Å². The van der Waals surface area contributed by atoms with Crippen LogP contribution in [0.15, 0.2) is 0 Å². The molecule has 0 spiro atoms. The normalized spacial score (nSPS) is 46.4. The Labute approximate surface area is 207 Å². The van der Waals surface area contributed by atoms with E-state index in [2.05, 4.69) is 25.3 Å². The van der Waals surface area contributed by atoms with Crippen LogP contribution >= 0.6 is 7.82 Å². The molecule has 4 rings (SSSR count). The summed E-state index contributed by atoms with van der Waals surface area (Å²) in [6, 6.07) is 0. The molecule has 4 aliphatic carbocycles. The summed E-state index contributed by atoms with van der Waals surface area (Å²) in [5, 5.41) is 31.6. The van der Waals surface area contributed by atoms with Crippen LogP contribution in [0.4, 0.5) is 0 Å². The van der Waals surface area contributed by atoms with Gasteiger partial charge in [-0.1, -0.05) is 20.8 Å². The molecule has 4 fully saturated rings. The maximum atomic E-state index is 12.1. The lowest BCUT2D eigenvalue weighted by Gasteiger charge is -2.65. The summed E-state index contributed by atoms with van der Waals surface area (Å²) in [5.74, 6) is -1.63. The molecule has 35 heavy (non-hydrogen) atoms. The zero-order valence-corrected chi connectivity index (χ0v) is 22.0. The largest absolute Gasteiger partial charge is 0.481 e. The van der Waals surface area contributed by atoms with Gasteiger partial charge in [0, 0.05) is 18.8 Å². The average molecular weight is 519 g/mol. The van der Waals surface area contributed by atoms with Crippen LogP contribution in [0.2, 0.25) is 0 Å². The molecule has 0 aromatic heterocycles. The highest BCUT2D eigenvalue weighted by molar-refractivity contribution is 7.46. The molecule has 4 aliphatic rings. The predicted octanol–water partition coefficient (Wildman–Crippen LogP) is 3.89. The van der Waals surface area contributed by atoms with E-state index in [9.17, 15) is 24.7 Å². The Balaban J connectivity index is 1.64. The predicted molar refractivity (Wildman–Crippen MR) is 127 cm³/mol. The van der Waals surface area contributed by atoms with E-state index in [0.717, 1.165) is 38.5 Å². The Morgan fingerprint density at radius 1 is 1.09 bits per heavy atom. The smallest absolute Gasteiger partial charge is 0.471 e. The molecule has 0 radical (unpaired) electrons. The first-order chi connectivity index (χ1) is 16.2. The molecule has 0 amide bonds. The van der Waals surface area contributed by atoms with Crippen LogP contribution < -0.4 is 0 Å². The number of aliphatic hydroxyl groups is 2. The molecule has 4 saturated carbocycles. The number of fused-ring (bicyclic) bond motifs is 5. The maximum absolute atomic E-state index is 12.1. The van der Waals surface area contributed by atoms with Gasteiger partial charge < -0.3 is 29.8 Å². The number of carboxylic acid groups (broad SMARTS) is 1. The molecule has 0 bridgehead atoms. The van der Waals surface area contributed by atoms with E-state index in [0.29, 0.717) is 25.2 Å². The van der Waals surface area contributed by atoms with Gasteiger partial charge >= 0.3 is 13.8 Å². The molecule has 10 atom stereocenters. The van der Waals surface area contributed by atoms with E-state index in [1.54, 1.807) is 0 Å². The minimum absolute atomic E-state index is 0.0437. The first-order valence-corrected chi connectivity index (χ1v) is 14.7. The summed E-state index contributed by atoms with van der Waals surface area (Å²) in [6.07, 6.45) is 6.68. The second kappa shape index (κ2) is 9.64. The quantitative estimate of drug-likeness (QED) is 0.238. The number of ether oxygens (including phenoxy) is 1. The third-order valence-electron chi connectivity index (χ3n) is 10.8. The molecule has 0 aliphatic heterocycles. The summed E-state index contributed by atoms with van der Waals surface area (Å²) in [4.78, 5) is 29.5. The fourth-order valence-corrected chi connectivity index (χ4v) is 9.27. The van der Waals surface area contributed by atoms with Crippen LogP contribution in [0.1, 0.15) is 85.0 Å². The molecule has 0 saturated heterocycles. The van der Waals surface area contributed by atoms with Gasteiger partial charge in [0.05, 0.1) is 6.10 Å². The first-order valence-electron chi connectivity index (χ1n) is 13.2. The Morgan fingerprint density at radius 2 is 1.74 bits per heavy atom. The molecule has 5 N–H and O–H groups in total. The molecule has 10 heteroatoms. The summed E-state index contributed by atoms with van der Waals surface area (Å²) in [6.45, 7) is 6.02. The van der Waals surface area contributed by atoms with Crippen LogP contribution in [-0.4, -0.2) is 49.8 Å². The van der Waals surface area contributed by atoms with Crippen molar-refractivity contribution in [1.29, 1.82) is 0 Å². The highest BCUT2D eigenvalue weighted by Gasteiger charge is 2.67. The second-order valence-electron chi connectivity index (χ2n) is 12.4. The third-order valence-corrected chi connectivity index (χ3v) is 11.2. The number of phosphoric acid groups is 1. The highest BCUT2D eigenvalue weighted by atomic mass is 31.2. The molecule has 0 heterocycles. The van der Waals surface area contributed by atoms with Crippen molar-refractivity contribution in [2.45, 2.75) is 96.9 Å². The van der Waals surface area contributed by atoms with Crippen molar-refractivity contribution >= 4 is 13.8 Å². The third kappa shape index (κ3) is 5.12. The Kier molecular flexibility index (Phi) is 7.58. The zero-order valence-electron chi connectivity index (χ0n) is 21.1. The Morgan fingerprint density at radius 3 is 2.40 bits per heavy atom. The minimum Gasteiger partial charge on any atom is -0.481 e. The Hall–Kier alpha value is -0.540. The number of aliphatic carboxylic acids is 1. The van der Waals surface area contributed by atoms with Gasteiger partial charge in [-0.3, -0.25) is 9.32 Å². The van der Waals surface area contributed by atoms with Crippen molar-refractivity contribution in [2.75, 3.05) is 6.79 Å². The SMILES string of the molecule is C[C@H](CCC(=O)O)[C@H]1CCC2C3C(CC[C@@]21C)[C@@]1(C)CC[C@H](O)CC1CC3(O)OCOP(=O)(O)O. The number of carboxylic acids is 1. The van der Waals surface area contributed by atoms with E-state index in [-0.39, 0.29) is 46.8 Å². The summed E-state index contributed by atoms with van der Waals surface area (Å²) in [7, 11) is -4.75. The monoisotopic (exact) mass is 518 g/mol. The van der Waals surface area contributed by atoms with Crippen LogP contribution in [0, 0.1) is 46.3 Å². The van der Waals surface area contributed by atoms with E-state index < -0.39 is 32.5 Å². The van der Waals surface area contributed by atoms with Gasteiger partial charge in [0.25, 0.3) is 0 Å². The van der Waals surface area contributed by atoms with Gasteiger partial charge in [0.2, 0.25) is 0 Å². The van der Waals surface area contributed by atoms with E-state index >= 15 is 0 Å². The van der Waals surface area contributed by atoms with Gasteiger partial charge in [0.15, 0.2) is 12.6 Å². The standard InChI is InChI=1S/C25H43O9P/c1-15(4-7-21(27)28)18-5-6-19-22-20(9-11-24(18,19)3)23(2)10-8-17(26)12-16(23)13-25(22,29)33-14-34-35(30,31)32/h15-20,22,26,29H,4-14H2,1-3H3,(H,27,28)(H2,30,31,32)/t15-,16?,17+,18-,19?,20?,22?,23+,24-,25?/m1/s1. The van der Waals surface area contributed by atoms with Crippen molar-refractivity contribution in [3.63, 3.8) is 0 Å². The maximum Gasteiger partial charge on any atom is 0.471 e. The van der Waals surface area contributed by atoms with Crippen molar-refractivity contribution < 1.29 is 43.7 Å². The number of phosphoric ester groups is 1. The number of hydrogen-bond acceptors (Lipinski definition) is 6. The number of rotatable bonds is 8. The van der Waals surface area contributed by atoms with Gasteiger partial charge in [-0.25, -0.2) is 4.57 Å². The lowest BCUT2D eigenvalue weighted by Crippen LogP contribution is -2.64. The zero-order chi connectivity index (χ0) is 25.8. The summed E-state index contributed by atoms with van der Waals surface area (Å²) >= 11 is 0. The van der Waals surface area contributed by atoms with Gasteiger partial charge in [-0.2, -0.15) is 0 Å². The molecule has 9 nitrogen and oxygen atoms in total. The molecule has 0 aromatic rings. The lowest BCUT2D eigenvalue weighted by molar-refractivity contribution is -0.338. The highest BCUT2D eigenvalue weighted by Crippen LogP contribution is 2.70. The fourth-order valence-electron chi connectivity index (χ4n) is 9.08. The van der Waals surface area contributed by atoms with Gasteiger partial charge in [0.1, 0.15) is 0 Å². The topological polar surface area (TPSA) is 154 Å². The fraction of sp³-hybridized carbons (Fsp3) is 0.960. The van der Waals surface area contributed by atoms with E-state index in [4.69, 9.17) is 14.5 Å². The van der Waals surface area contributed by atoms with Gasteiger partial charge in [-0.05, 0) is 91.8 Å². The molecular weight excluding hydrogens is 475 g/mol. The van der Waals surface area contributed by atoms with Crippen LogP contribution in [0.25, 0.3) is 0 Å². The average Bonchev–Trinajstić information content (AvgIpc) is 3.09. The molecule has 0 aromatic carbocycles. The minimum atomic E-state index is -4.75. The molecular formula is C25H43O9P. The number of carbonyl (C=O) groups is 1. The second-order valence-corrected chi connectivity index (χ2v) is 13.7. The lowest BCUT2D eigenvalue weighted by atomic mass is 9.43. The van der Waals surface area contributed by atoms with Crippen molar-refractivity contribution in [3.8, 4) is 0 Å². The number of aliphatic hydroxyl groups excluding tert-OH is 1. The first kappa shape index (κ1) is 27.5. The van der Waals surface area contributed by atoms with Crippen molar-refractivity contribution in [2.24, 2.45) is 46.3 Å². The van der Waals surface area contributed by atoms with E-state index in [1.807, 2.05) is 0 Å².